The Morgan fingerprint density at radius 2 is 2.05 bits per heavy atom. The van der Waals surface area contributed by atoms with Crippen LogP contribution in [0.3, 0.4) is 0 Å². The smallest absolute Gasteiger partial charge is 0.134 e. The van der Waals surface area contributed by atoms with Gasteiger partial charge in [0.1, 0.15) is 11.3 Å². The molecule has 2 aromatic rings. The van der Waals surface area contributed by atoms with Gasteiger partial charge in [0.15, 0.2) is 0 Å². The molecule has 3 heteroatoms. The predicted molar refractivity (Wildman–Crippen MR) is 87.3 cm³/mol. The van der Waals surface area contributed by atoms with E-state index in [2.05, 4.69) is 48.3 Å². The first-order valence-electron chi connectivity index (χ1n) is 8.24. The topological polar surface area (TPSA) is 28.4 Å². The van der Waals surface area contributed by atoms with E-state index in [1.807, 2.05) is 0 Å². The number of nitrogens with zero attached hydrogens (tertiary/aromatic N) is 1. The Hall–Kier alpha value is -1.32. The summed E-state index contributed by atoms with van der Waals surface area (Å²) in [6, 6.07) is 8.39. The highest BCUT2D eigenvalue weighted by Gasteiger charge is 2.25. The summed E-state index contributed by atoms with van der Waals surface area (Å²) in [6.45, 7) is 9.51. The van der Waals surface area contributed by atoms with Gasteiger partial charge >= 0.3 is 0 Å². The SMILES string of the molecule is CCNCc1c(CN(CC)CC2CC2)oc2ccccc12. The van der Waals surface area contributed by atoms with Crippen LogP contribution in [0.25, 0.3) is 11.0 Å². The van der Waals surface area contributed by atoms with Crippen molar-refractivity contribution in [1.82, 2.24) is 10.2 Å². The summed E-state index contributed by atoms with van der Waals surface area (Å²) in [4.78, 5) is 2.52. The molecule has 1 aliphatic rings. The van der Waals surface area contributed by atoms with Gasteiger partial charge in [-0.3, -0.25) is 4.90 Å². The summed E-state index contributed by atoms with van der Waals surface area (Å²) in [5.41, 5.74) is 2.35. The first-order chi connectivity index (χ1) is 10.3. The number of rotatable bonds is 8. The maximum Gasteiger partial charge on any atom is 0.134 e. The number of furan rings is 1. The molecule has 114 valence electrons. The number of para-hydroxylation sites is 1. The standard InChI is InChI=1S/C18H26N2O/c1-3-19-11-16-15-7-5-6-8-17(15)21-18(16)13-20(4-2)12-14-9-10-14/h5-8,14,19H,3-4,9-13H2,1-2H3. The largest absolute Gasteiger partial charge is 0.459 e. The third-order valence-electron chi connectivity index (χ3n) is 4.36. The molecular weight excluding hydrogens is 260 g/mol. The van der Waals surface area contributed by atoms with Gasteiger partial charge in [0, 0.05) is 24.0 Å². The maximum atomic E-state index is 6.15. The molecule has 21 heavy (non-hydrogen) atoms. The van der Waals surface area contributed by atoms with E-state index in [1.165, 1.54) is 30.3 Å². The van der Waals surface area contributed by atoms with E-state index in [-0.39, 0.29) is 0 Å². The van der Waals surface area contributed by atoms with Crippen LogP contribution in [0, 0.1) is 5.92 Å². The molecule has 1 saturated carbocycles. The van der Waals surface area contributed by atoms with Crippen LogP contribution in [0.2, 0.25) is 0 Å². The fourth-order valence-electron chi connectivity index (χ4n) is 2.90. The highest BCUT2D eigenvalue weighted by Crippen LogP contribution is 2.31. The normalized spacial score (nSPS) is 15.2. The monoisotopic (exact) mass is 286 g/mol. The first-order valence-corrected chi connectivity index (χ1v) is 8.24. The van der Waals surface area contributed by atoms with Gasteiger partial charge in [0.2, 0.25) is 0 Å². The number of fused-ring (bicyclic) bond motifs is 1. The number of benzene rings is 1. The van der Waals surface area contributed by atoms with Crippen molar-refractivity contribution in [2.75, 3.05) is 19.6 Å². The molecule has 0 atom stereocenters. The summed E-state index contributed by atoms with van der Waals surface area (Å²) < 4.78 is 6.15. The van der Waals surface area contributed by atoms with Crippen molar-refractivity contribution in [3.05, 3.63) is 35.6 Å². The zero-order valence-electron chi connectivity index (χ0n) is 13.2. The fraction of sp³-hybridized carbons (Fsp3) is 0.556. The van der Waals surface area contributed by atoms with Crippen molar-refractivity contribution < 1.29 is 4.42 Å². The molecule has 1 aliphatic carbocycles. The van der Waals surface area contributed by atoms with Crippen LogP contribution in [0.5, 0.6) is 0 Å². The Morgan fingerprint density at radius 1 is 1.24 bits per heavy atom. The Labute approximate surface area is 127 Å². The minimum absolute atomic E-state index is 0.893. The summed E-state index contributed by atoms with van der Waals surface area (Å²) in [5, 5.41) is 4.71. The van der Waals surface area contributed by atoms with Crippen LogP contribution in [0.15, 0.2) is 28.7 Å². The summed E-state index contributed by atoms with van der Waals surface area (Å²) in [5.74, 6) is 2.06. The van der Waals surface area contributed by atoms with E-state index in [1.54, 1.807) is 0 Å². The molecule has 0 amide bonds. The lowest BCUT2D eigenvalue weighted by molar-refractivity contribution is 0.247. The molecule has 0 bridgehead atoms. The van der Waals surface area contributed by atoms with E-state index in [4.69, 9.17) is 4.42 Å². The zero-order valence-corrected chi connectivity index (χ0v) is 13.2. The Morgan fingerprint density at radius 3 is 2.76 bits per heavy atom. The number of nitrogens with one attached hydrogen (secondary N) is 1. The quantitative estimate of drug-likeness (QED) is 0.800. The highest BCUT2D eigenvalue weighted by atomic mass is 16.3. The summed E-state index contributed by atoms with van der Waals surface area (Å²) in [6.07, 6.45) is 2.81. The molecule has 0 unspecified atom stereocenters. The van der Waals surface area contributed by atoms with Gasteiger partial charge in [-0.2, -0.15) is 0 Å². The molecule has 3 rings (SSSR count). The van der Waals surface area contributed by atoms with E-state index in [0.717, 1.165) is 43.4 Å². The van der Waals surface area contributed by atoms with Crippen LogP contribution in [0.1, 0.15) is 38.0 Å². The minimum atomic E-state index is 0.893. The van der Waals surface area contributed by atoms with Crippen LogP contribution >= 0.6 is 0 Å². The number of hydrogen-bond acceptors (Lipinski definition) is 3. The van der Waals surface area contributed by atoms with Gasteiger partial charge in [0.25, 0.3) is 0 Å². The van der Waals surface area contributed by atoms with E-state index in [0.29, 0.717) is 0 Å². The van der Waals surface area contributed by atoms with Crippen molar-refractivity contribution in [3.63, 3.8) is 0 Å². The van der Waals surface area contributed by atoms with Gasteiger partial charge in [-0.05, 0) is 37.9 Å². The molecule has 0 radical (unpaired) electrons. The maximum absolute atomic E-state index is 6.15. The Kier molecular flexibility index (Phi) is 4.61. The highest BCUT2D eigenvalue weighted by molar-refractivity contribution is 5.82. The van der Waals surface area contributed by atoms with E-state index < -0.39 is 0 Å². The second-order valence-electron chi connectivity index (χ2n) is 6.05. The molecule has 0 spiro atoms. The lowest BCUT2D eigenvalue weighted by atomic mass is 10.1. The molecule has 0 aliphatic heterocycles. The second-order valence-corrected chi connectivity index (χ2v) is 6.05. The molecule has 1 aromatic carbocycles. The van der Waals surface area contributed by atoms with Crippen molar-refractivity contribution >= 4 is 11.0 Å². The molecule has 1 heterocycles. The first kappa shape index (κ1) is 14.6. The minimum Gasteiger partial charge on any atom is -0.459 e. The van der Waals surface area contributed by atoms with Crippen molar-refractivity contribution in [3.8, 4) is 0 Å². The van der Waals surface area contributed by atoms with Crippen molar-refractivity contribution in [2.45, 2.75) is 39.8 Å². The fourth-order valence-corrected chi connectivity index (χ4v) is 2.90. The van der Waals surface area contributed by atoms with Crippen molar-refractivity contribution in [1.29, 1.82) is 0 Å². The van der Waals surface area contributed by atoms with Crippen LogP contribution < -0.4 is 5.32 Å². The van der Waals surface area contributed by atoms with E-state index in [9.17, 15) is 0 Å². The third kappa shape index (κ3) is 3.47. The van der Waals surface area contributed by atoms with Crippen LogP contribution in [0.4, 0.5) is 0 Å². The molecule has 3 nitrogen and oxygen atoms in total. The van der Waals surface area contributed by atoms with Gasteiger partial charge < -0.3 is 9.73 Å². The average molecular weight is 286 g/mol. The van der Waals surface area contributed by atoms with Gasteiger partial charge in [0.05, 0.1) is 6.54 Å². The average Bonchev–Trinajstić information content (AvgIpc) is 3.25. The number of hydrogen-bond donors (Lipinski definition) is 1. The van der Waals surface area contributed by atoms with Crippen LogP contribution in [-0.4, -0.2) is 24.5 Å². The van der Waals surface area contributed by atoms with Crippen LogP contribution in [-0.2, 0) is 13.1 Å². The lowest BCUT2D eigenvalue weighted by Crippen LogP contribution is -2.26. The molecule has 1 aromatic heterocycles. The van der Waals surface area contributed by atoms with E-state index >= 15 is 0 Å². The predicted octanol–water partition coefficient (Wildman–Crippen LogP) is 3.77. The molecule has 1 fully saturated rings. The molecular formula is C18H26N2O. The Bertz CT molecular complexity index is 586. The summed E-state index contributed by atoms with van der Waals surface area (Å²) >= 11 is 0. The van der Waals surface area contributed by atoms with Crippen molar-refractivity contribution in [2.24, 2.45) is 5.92 Å². The molecule has 1 N–H and O–H groups in total. The summed E-state index contributed by atoms with van der Waals surface area (Å²) in [7, 11) is 0. The molecule has 0 saturated heterocycles. The third-order valence-corrected chi connectivity index (χ3v) is 4.36. The lowest BCUT2D eigenvalue weighted by Gasteiger charge is -2.19. The van der Waals surface area contributed by atoms with Gasteiger partial charge in [-0.1, -0.05) is 32.0 Å². The Balaban J connectivity index is 1.84. The second kappa shape index (κ2) is 6.63. The van der Waals surface area contributed by atoms with Gasteiger partial charge in [-0.15, -0.1) is 0 Å². The zero-order chi connectivity index (χ0) is 14.7. The van der Waals surface area contributed by atoms with Gasteiger partial charge in [-0.25, -0.2) is 0 Å².